The third-order valence-electron chi connectivity index (χ3n) is 20.2. The zero-order chi connectivity index (χ0) is 64.8. The summed E-state index contributed by atoms with van der Waals surface area (Å²) in [6.45, 7) is 21.0. The first-order valence-corrected chi connectivity index (χ1v) is 29.5. The largest absolute Gasteiger partial charge is 0.467 e. The molecule has 0 radical (unpaired) electrons. The standard InChI is InChI=1S/C61H86O26/c1-28(63)75-25-39-44(77-30(3)65)45(78-31(4)66)49(81-34(7)69)54(84-39)87-50-47(80-33(6)68)46(79-32(5)67)48(53(73)74-16)86-55(50)85-43-20-21-57(12)40(58(43,13)26-62)19-22-59(14)41(57)18-17-37-38-23-56(10,11)51(82-35(8)70)52(83-36(9)71)61(38,27-76-29(2)64)42(72)24-60(37,59)15/h17,26,38-52,54-55,72H,18-25,27H2,1-16H3/t38-,39+,40?,41+,42+,43-,44-,45-,46-,47-,48-,49+,50+,51-,52-,54-,55+,57-,58-,59+,60+,61-/m0/s1. The van der Waals surface area contributed by atoms with E-state index < -0.39 is 196 Å². The van der Waals surface area contributed by atoms with Gasteiger partial charge in [-0.25, -0.2) is 4.79 Å². The minimum atomic E-state index is -1.97. The molecule has 486 valence electrons. The van der Waals surface area contributed by atoms with Crippen LogP contribution in [0.1, 0.15) is 149 Å². The molecule has 0 bridgehead atoms. The molecule has 0 aromatic carbocycles. The first-order chi connectivity index (χ1) is 40.4. The van der Waals surface area contributed by atoms with Crippen LogP contribution in [-0.2, 0) is 119 Å². The van der Waals surface area contributed by atoms with Crippen LogP contribution >= 0.6 is 0 Å². The van der Waals surface area contributed by atoms with Gasteiger partial charge >= 0.3 is 59.7 Å². The van der Waals surface area contributed by atoms with Gasteiger partial charge in [-0.3, -0.25) is 43.2 Å². The predicted molar refractivity (Wildman–Crippen MR) is 293 cm³/mol. The highest BCUT2D eigenvalue weighted by atomic mass is 16.8. The number of ether oxygens (including phenoxy) is 14. The van der Waals surface area contributed by atoms with E-state index in [9.17, 15) is 57.8 Å². The first kappa shape index (κ1) is 68.4. The van der Waals surface area contributed by atoms with Crippen molar-refractivity contribution in [1.29, 1.82) is 0 Å². The maximum Gasteiger partial charge on any atom is 0.339 e. The molecule has 5 aliphatic carbocycles. The quantitative estimate of drug-likeness (QED) is 0.0701. The van der Waals surface area contributed by atoms with E-state index in [1.165, 1.54) is 20.8 Å². The Morgan fingerprint density at radius 1 is 0.575 bits per heavy atom. The van der Waals surface area contributed by atoms with Crippen LogP contribution in [-0.4, -0.2) is 177 Å². The Bertz CT molecular complexity index is 2740. The summed E-state index contributed by atoms with van der Waals surface area (Å²) in [6, 6.07) is 0. The van der Waals surface area contributed by atoms with E-state index in [4.69, 9.17) is 66.3 Å². The van der Waals surface area contributed by atoms with Crippen LogP contribution in [0.25, 0.3) is 0 Å². The molecule has 26 heteroatoms. The Morgan fingerprint density at radius 3 is 1.63 bits per heavy atom. The van der Waals surface area contributed by atoms with Crippen LogP contribution in [0.5, 0.6) is 0 Å². The predicted octanol–water partition coefficient (Wildman–Crippen LogP) is 4.20. The number of methoxy groups -OCH3 is 1. The molecule has 0 aromatic heterocycles. The number of allylic oxidation sites excluding steroid dienone is 2. The Morgan fingerprint density at radius 2 is 1.09 bits per heavy atom. The molecule has 2 aliphatic heterocycles. The number of hydrogen-bond donors (Lipinski definition) is 1. The lowest BCUT2D eigenvalue weighted by Crippen LogP contribution is -2.73. The minimum absolute atomic E-state index is 0.130. The van der Waals surface area contributed by atoms with Crippen molar-refractivity contribution >= 4 is 66.0 Å². The fraction of sp³-hybridized carbons (Fsp3) is 0.787. The molecule has 2 saturated heterocycles. The fourth-order valence-electron chi connectivity index (χ4n) is 16.5. The van der Waals surface area contributed by atoms with Crippen LogP contribution in [0.15, 0.2) is 11.6 Å². The van der Waals surface area contributed by atoms with Gasteiger partial charge in [-0.15, -0.1) is 0 Å². The number of esters is 10. The van der Waals surface area contributed by atoms with Gasteiger partial charge in [-0.1, -0.05) is 53.2 Å². The molecular weight excluding hydrogens is 1150 g/mol. The second-order valence-corrected chi connectivity index (χ2v) is 26.1. The van der Waals surface area contributed by atoms with E-state index in [1.807, 2.05) is 13.8 Å². The fourth-order valence-corrected chi connectivity index (χ4v) is 16.5. The molecule has 0 aromatic rings. The zero-order valence-corrected chi connectivity index (χ0v) is 52.5. The Kier molecular flexibility index (Phi) is 20.3. The van der Waals surface area contributed by atoms with Crippen LogP contribution in [0.3, 0.4) is 0 Å². The number of aldehydes is 1. The summed E-state index contributed by atoms with van der Waals surface area (Å²) < 4.78 is 83.1. The lowest BCUT2D eigenvalue weighted by Gasteiger charge is -2.72. The molecule has 1 unspecified atom stereocenters. The first-order valence-electron chi connectivity index (χ1n) is 29.5. The van der Waals surface area contributed by atoms with Gasteiger partial charge in [0.1, 0.15) is 31.7 Å². The van der Waals surface area contributed by atoms with Gasteiger partial charge in [-0.2, -0.15) is 0 Å². The third kappa shape index (κ3) is 12.9. The molecule has 4 saturated carbocycles. The number of rotatable bonds is 17. The zero-order valence-electron chi connectivity index (χ0n) is 52.5. The molecule has 7 aliphatic rings. The van der Waals surface area contributed by atoms with Crippen molar-refractivity contribution in [3.63, 3.8) is 0 Å². The average Bonchev–Trinajstić information content (AvgIpc) is 0.674. The second kappa shape index (κ2) is 25.8. The minimum Gasteiger partial charge on any atom is -0.467 e. The van der Waals surface area contributed by atoms with Crippen molar-refractivity contribution in [1.82, 2.24) is 0 Å². The summed E-state index contributed by atoms with van der Waals surface area (Å²) in [6.07, 6.45) is -17.2. The topological polar surface area (TPSA) is 337 Å². The van der Waals surface area contributed by atoms with Gasteiger partial charge in [-0.05, 0) is 78.9 Å². The van der Waals surface area contributed by atoms with Crippen LogP contribution in [0.4, 0.5) is 0 Å². The van der Waals surface area contributed by atoms with Crippen LogP contribution in [0, 0.1) is 50.2 Å². The molecule has 1 N–H and O–H groups in total. The van der Waals surface area contributed by atoms with Crippen molar-refractivity contribution in [2.45, 2.75) is 235 Å². The van der Waals surface area contributed by atoms with Crippen LogP contribution in [0.2, 0.25) is 0 Å². The number of carbonyl (C=O) groups is 11. The molecule has 22 atom stereocenters. The van der Waals surface area contributed by atoms with Gasteiger partial charge in [0.2, 0.25) is 0 Å². The molecule has 26 nitrogen and oxygen atoms in total. The second-order valence-electron chi connectivity index (χ2n) is 26.1. The lowest BCUT2D eigenvalue weighted by molar-refractivity contribution is -0.374. The van der Waals surface area contributed by atoms with E-state index in [2.05, 4.69) is 26.8 Å². The van der Waals surface area contributed by atoms with Gasteiger partial charge < -0.3 is 76.2 Å². The van der Waals surface area contributed by atoms with Gasteiger partial charge in [0.15, 0.2) is 61.4 Å². The van der Waals surface area contributed by atoms with Crippen molar-refractivity contribution in [3.8, 4) is 0 Å². The Hall–Kier alpha value is -6.09. The van der Waals surface area contributed by atoms with Gasteiger partial charge in [0.25, 0.3) is 0 Å². The summed E-state index contributed by atoms with van der Waals surface area (Å²) in [7, 11) is 1.03. The number of aliphatic hydroxyl groups is 1. The number of hydrogen-bond acceptors (Lipinski definition) is 26. The lowest BCUT2D eigenvalue weighted by atomic mass is 9.33. The normalized spacial score (nSPS) is 40.8. The van der Waals surface area contributed by atoms with Crippen molar-refractivity contribution in [2.24, 2.45) is 50.2 Å². The molecular formula is C61H86O26. The molecule has 87 heavy (non-hydrogen) atoms. The highest BCUT2D eigenvalue weighted by molar-refractivity contribution is 5.77. The Balaban J connectivity index is 1.31. The van der Waals surface area contributed by atoms with E-state index in [-0.39, 0.29) is 25.4 Å². The smallest absolute Gasteiger partial charge is 0.339 e. The maximum atomic E-state index is 14.3. The van der Waals surface area contributed by atoms with Crippen LogP contribution < -0.4 is 0 Å². The monoisotopic (exact) mass is 1230 g/mol. The number of aliphatic hydroxyl groups excluding tert-OH is 1. The SMILES string of the molecule is COC(=O)[C@H]1O[C@@H](O[C@H]2CC[C@@]3(C)C(CC[C@]4(C)[C@@H]3CC=C3[C@@H]5CC(C)(C)[C@@H](OC(C)=O)[C@H](OC(C)=O)[C@]5(COC(C)=O)[C@H](O)C[C@]34C)[C@]2(C)C=O)[C@H](O[C@@H]2O[C@H](COC(C)=O)[C@H](OC(C)=O)[C@H](OC(C)=O)[C@H]2OC(C)=O)[C@@H](OC(C)=O)[C@@H]1OC(C)=O. The molecule has 0 spiro atoms. The van der Waals surface area contributed by atoms with Crippen molar-refractivity contribution < 1.29 is 124 Å². The van der Waals surface area contributed by atoms with Crippen molar-refractivity contribution in [2.75, 3.05) is 20.3 Å². The van der Waals surface area contributed by atoms with Gasteiger partial charge in [0.05, 0.1) is 30.1 Å². The number of carbonyl (C=O) groups excluding carboxylic acids is 11. The Labute approximate surface area is 505 Å². The van der Waals surface area contributed by atoms with E-state index in [0.29, 0.717) is 32.1 Å². The number of fused-ring (bicyclic) bond motifs is 7. The van der Waals surface area contributed by atoms with E-state index in [0.717, 1.165) is 60.5 Å². The summed E-state index contributed by atoms with van der Waals surface area (Å²) in [5, 5.41) is 13.0. The highest BCUT2D eigenvalue weighted by Crippen LogP contribution is 2.76. The van der Waals surface area contributed by atoms with Crippen molar-refractivity contribution in [3.05, 3.63) is 11.6 Å². The third-order valence-corrected chi connectivity index (χ3v) is 20.2. The van der Waals surface area contributed by atoms with Gasteiger partial charge in [0, 0.05) is 67.7 Å². The molecule has 6 fully saturated rings. The molecule has 7 rings (SSSR count). The average molecular weight is 1240 g/mol. The summed E-state index contributed by atoms with van der Waals surface area (Å²) in [4.78, 5) is 143. The highest BCUT2D eigenvalue weighted by Gasteiger charge is 2.75. The maximum absolute atomic E-state index is 14.3. The van der Waals surface area contributed by atoms with E-state index >= 15 is 0 Å². The van der Waals surface area contributed by atoms with E-state index in [1.54, 1.807) is 6.92 Å². The molecule has 2 heterocycles. The summed E-state index contributed by atoms with van der Waals surface area (Å²) in [5.41, 5.74) is -4.67. The molecule has 0 amide bonds. The summed E-state index contributed by atoms with van der Waals surface area (Å²) in [5.74, 6) is -9.80. The summed E-state index contributed by atoms with van der Waals surface area (Å²) >= 11 is 0.